The first-order chi connectivity index (χ1) is 14.5. The van der Waals surface area contributed by atoms with Crippen LogP contribution in [0.2, 0.25) is 0 Å². The molecular weight excluding hydrogens is 480 g/mol. The smallest absolute Gasteiger partial charge is 0.234 e. The molecular formula is C22H25BrN4OS2. The second-order valence-corrected chi connectivity index (χ2v) is 10.5. The Morgan fingerprint density at radius 1 is 1.33 bits per heavy atom. The molecule has 1 aliphatic rings. The Bertz CT molecular complexity index is 1030. The highest BCUT2D eigenvalue weighted by molar-refractivity contribution is 9.10. The first kappa shape index (κ1) is 21.6. The van der Waals surface area contributed by atoms with Crippen LogP contribution in [0.25, 0.3) is 11.4 Å². The summed E-state index contributed by atoms with van der Waals surface area (Å²) in [7, 11) is 0. The Morgan fingerprint density at radius 3 is 2.90 bits per heavy atom. The number of carbonyl (C=O) groups is 1. The van der Waals surface area contributed by atoms with Gasteiger partial charge >= 0.3 is 0 Å². The van der Waals surface area contributed by atoms with E-state index in [0.717, 1.165) is 46.4 Å². The molecule has 3 aromatic rings. The molecule has 158 valence electrons. The third kappa shape index (κ3) is 4.81. The molecule has 1 N–H and O–H groups in total. The predicted octanol–water partition coefficient (Wildman–Crippen LogP) is 6.03. The van der Waals surface area contributed by atoms with Crippen LogP contribution in [0.3, 0.4) is 0 Å². The molecule has 1 aliphatic carbocycles. The van der Waals surface area contributed by atoms with Crippen molar-refractivity contribution in [3.63, 3.8) is 0 Å². The largest absolute Gasteiger partial charge is 0.325 e. The maximum Gasteiger partial charge on any atom is 0.234 e. The number of hydrogen-bond donors (Lipinski definition) is 1. The Kier molecular flexibility index (Phi) is 6.95. The summed E-state index contributed by atoms with van der Waals surface area (Å²) >= 11 is 6.70. The molecule has 2 heterocycles. The molecule has 8 heteroatoms. The summed E-state index contributed by atoms with van der Waals surface area (Å²) in [5.41, 5.74) is 3.47. The fraction of sp³-hybridized carbons (Fsp3) is 0.409. The van der Waals surface area contributed by atoms with Gasteiger partial charge in [0.1, 0.15) is 0 Å². The molecule has 1 amide bonds. The van der Waals surface area contributed by atoms with Crippen molar-refractivity contribution in [1.29, 1.82) is 0 Å². The number of fused-ring (bicyclic) bond motifs is 1. The lowest BCUT2D eigenvalue weighted by molar-refractivity contribution is -0.113. The standard InChI is InChI=1S/C22H25BrN4OS2/c1-3-10-27-21(18-12-29-19-11-14(2)4-9-17(18)19)25-26-22(27)30-13-20(28)24-16-7-5-15(23)6-8-16/h5-8,12,14H,3-4,9-11,13H2,1-2H3,(H,24,28). The fourth-order valence-corrected chi connectivity index (χ4v) is 6.02. The molecule has 1 unspecified atom stereocenters. The van der Waals surface area contributed by atoms with E-state index in [9.17, 15) is 4.79 Å². The zero-order chi connectivity index (χ0) is 21.1. The van der Waals surface area contributed by atoms with E-state index < -0.39 is 0 Å². The minimum Gasteiger partial charge on any atom is -0.325 e. The molecule has 30 heavy (non-hydrogen) atoms. The Morgan fingerprint density at radius 2 is 2.13 bits per heavy atom. The third-order valence-corrected chi connectivity index (χ3v) is 7.81. The van der Waals surface area contributed by atoms with Crippen molar-refractivity contribution in [3.05, 3.63) is 44.6 Å². The number of nitrogens with one attached hydrogen (secondary N) is 1. The highest BCUT2D eigenvalue weighted by atomic mass is 79.9. The number of anilines is 1. The van der Waals surface area contributed by atoms with Gasteiger partial charge in [-0.05, 0) is 61.4 Å². The van der Waals surface area contributed by atoms with E-state index in [1.54, 1.807) is 0 Å². The van der Waals surface area contributed by atoms with Gasteiger partial charge < -0.3 is 9.88 Å². The number of nitrogens with zero attached hydrogens (tertiary/aromatic N) is 3. The van der Waals surface area contributed by atoms with Gasteiger partial charge in [0.2, 0.25) is 5.91 Å². The molecule has 0 saturated heterocycles. The SMILES string of the molecule is CCCn1c(SCC(=O)Nc2ccc(Br)cc2)nnc1-c1csc2c1CCC(C)C2. The van der Waals surface area contributed by atoms with E-state index in [1.165, 1.54) is 40.6 Å². The normalized spacial score (nSPS) is 15.8. The zero-order valence-corrected chi connectivity index (χ0v) is 20.4. The van der Waals surface area contributed by atoms with Gasteiger partial charge in [-0.2, -0.15) is 0 Å². The van der Waals surface area contributed by atoms with Crippen LogP contribution in [0.1, 0.15) is 37.1 Å². The van der Waals surface area contributed by atoms with Crippen molar-refractivity contribution in [2.45, 2.75) is 51.2 Å². The summed E-state index contributed by atoms with van der Waals surface area (Å²) in [6.45, 7) is 5.33. The molecule has 0 saturated carbocycles. The van der Waals surface area contributed by atoms with Crippen LogP contribution < -0.4 is 5.32 Å². The lowest BCUT2D eigenvalue weighted by atomic mass is 9.88. The van der Waals surface area contributed by atoms with Gasteiger partial charge in [-0.1, -0.05) is 41.5 Å². The van der Waals surface area contributed by atoms with Gasteiger partial charge in [0, 0.05) is 32.5 Å². The minimum atomic E-state index is -0.0446. The number of rotatable bonds is 7. The van der Waals surface area contributed by atoms with Crippen molar-refractivity contribution < 1.29 is 4.79 Å². The molecule has 4 rings (SSSR count). The Balaban J connectivity index is 1.49. The van der Waals surface area contributed by atoms with Crippen LogP contribution in [0.5, 0.6) is 0 Å². The molecule has 0 aliphatic heterocycles. The summed E-state index contributed by atoms with van der Waals surface area (Å²) in [6.07, 6.45) is 4.51. The molecule has 1 atom stereocenters. The van der Waals surface area contributed by atoms with Crippen molar-refractivity contribution in [1.82, 2.24) is 14.8 Å². The minimum absolute atomic E-state index is 0.0446. The first-order valence-corrected chi connectivity index (χ1v) is 12.9. The predicted molar refractivity (Wildman–Crippen MR) is 128 cm³/mol. The van der Waals surface area contributed by atoms with Crippen LogP contribution in [0.15, 0.2) is 39.3 Å². The summed E-state index contributed by atoms with van der Waals surface area (Å²) in [4.78, 5) is 13.9. The first-order valence-electron chi connectivity index (χ1n) is 10.3. The number of benzene rings is 1. The second-order valence-electron chi connectivity index (χ2n) is 7.70. The average Bonchev–Trinajstić information content (AvgIpc) is 3.32. The van der Waals surface area contributed by atoms with Gasteiger partial charge in [-0.25, -0.2) is 0 Å². The van der Waals surface area contributed by atoms with Crippen LogP contribution in [0.4, 0.5) is 5.69 Å². The number of carbonyl (C=O) groups excluding carboxylic acids is 1. The van der Waals surface area contributed by atoms with Crippen LogP contribution >= 0.6 is 39.0 Å². The van der Waals surface area contributed by atoms with Crippen LogP contribution in [-0.4, -0.2) is 26.4 Å². The molecule has 2 aromatic heterocycles. The third-order valence-electron chi connectivity index (χ3n) is 5.27. The van der Waals surface area contributed by atoms with E-state index in [-0.39, 0.29) is 5.91 Å². The van der Waals surface area contributed by atoms with Gasteiger partial charge in [0.25, 0.3) is 0 Å². The lowest BCUT2D eigenvalue weighted by Crippen LogP contribution is -2.14. The van der Waals surface area contributed by atoms with E-state index >= 15 is 0 Å². The van der Waals surface area contributed by atoms with Crippen molar-refractivity contribution in [2.75, 3.05) is 11.1 Å². The summed E-state index contributed by atoms with van der Waals surface area (Å²) in [5.74, 6) is 1.96. The average molecular weight is 506 g/mol. The van der Waals surface area contributed by atoms with Gasteiger partial charge in [0.05, 0.1) is 5.75 Å². The Labute approximate surface area is 193 Å². The number of amides is 1. The van der Waals surface area contributed by atoms with Crippen molar-refractivity contribution in [3.8, 4) is 11.4 Å². The summed E-state index contributed by atoms with van der Waals surface area (Å²) in [5, 5.41) is 15.0. The van der Waals surface area contributed by atoms with Crippen LogP contribution in [0, 0.1) is 5.92 Å². The fourth-order valence-electron chi connectivity index (χ4n) is 3.75. The van der Waals surface area contributed by atoms with Crippen LogP contribution in [-0.2, 0) is 24.2 Å². The molecule has 1 aromatic carbocycles. The highest BCUT2D eigenvalue weighted by Crippen LogP contribution is 2.38. The number of halogens is 1. The molecule has 0 spiro atoms. The quantitative estimate of drug-likeness (QED) is 0.398. The topological polar surface area (TPSA) is 59.8 Å². The second kappa shape index (κ2) is 9.66. The maximum atomic E-state index is 12.4. The number of hydrogen-bond acceptors (Lipinski definition) is 5. The van der Waals surface area contributed by atoms with E-state index in [2.05, 4.69) is 55.2 Å². The van der Waals surface area contributed by atoms with Gasteiger partial charge in [0.15, 0.2) is 11.0 Å². The van der Waals surface area contributed by atoms with E-state index in [4.69, 9.17) is 0 Å². The summed E-state index contributed by atoms with van der Waals surface area (Å²) in [6, 6.07) is 7.58. The maximum absolute atomic E-state index is 12.4. The molecule has 5 nitrogen and oxygen atoms in total. The van der Waals surface area contributed by atoms with Crippen molar-refractivity contribution >= 4 is 50.6 Å². The van der Waals surface area contributed by atoms with Crippen molar-refractivity contribution in [2.24, 2.45) is 5.92 Å². The highest BCUT2D eigenvalue weighted by Gasteiger charge is 2.24. The van der Waals surface area contributed by atoms with E-state index in [0.29, 0.717) is 5.75 Å². The number of thioether (sulfide) groups is 1. The van der Waals surface area contributed by atoms with Gasteiger partial charge in [-0.15, -0.1) is 21.5 Å². The lowest BCUT2D eigenvalue weighted by Gasteiger charge is -2.19. The van der Waals surface area contributed by atoms with Gasteiger partial charge in [-0.3, -0.25) is 4.79 Å². The molecule has 0 radical (unpaired) electrons. The monoisotopic (exact) mass is 504 g/mol. The Hall–Kier alpha value is -1.64. The molecule has 0 fully saturated rings. The van der Waals surface area contributed by atoms with E-state index in [1.807, 2.05) is 35.6 Å². The summed E-state index contributed by atoms with van der Waals surface area (Å²) < 4.78 is 3.16. The number of thiophene rings is 1. The zero-order valence-electron chi connectivity index (χ0n) is 17.2. The molecule has 0 bridgehead atoms. The number of aromatic nitrogens is 3.